The summed E-state index contributed by atoms with van der Waals surface area (Å²) < 4.78 is 1.09. The molecule has 0 amide bonds. The summed E-state index contributed by atoms with van der Waals surface area (Å²) in [4.78, 5) is 6.09. The average Bonchev–Trinajstić information content (AvgIpc) is 2.77. The SMILES string of the molecule is Cc1cc(C2=CC(C)(c3cc(Cl)cc(Cl)c3)ON2C)ccc1Br. The van der Waals surface area contributed by atoms with E-state index in [-0.39, 0.29) is 0 Å². The van der Waals surface area contributed by atoms with E-state index in [1.165, 1.54) is 5.56 Å². The van der Waals surface area contributed by atoms with E-state index < -0.39 is 5.60 Å². The molecule has 5 heteroatoms. The van der Waals surface area contributed by atoms with Gasteiger partial charge in [-0.2, -0.15) is 0 Å². The number of nitrogens with zero attached hydrogens (tertiary/aromatic N) is 1. The van der Waals surface area contributed by atoms with E-state index in [0.717, 1.165) is 21.3 Å². The highest BCUT2D eigenvalue weighted by molar-refractivity contribution is 9.10. The van der Waals surface area contributed by atoms with Gasteiger partial charge in [0, 0.05) is 27.1 Å². The Kier molecular flexibility index (Phi) is 4.49. The Balaban J connectivity index is 2.05. The van der Waals surface area contributed by atoms with E-state index in [4.69, 9.17) is 28.0 Å². The Bertz CT molecular complexity index is 785. The molecule has 0 bridgehead atoms. The lowest BCUT2D eigenvalue weighted by atomic mass is 9.94. The number of benzene rings is 2. The fourth-order valence-electron chi connectivity index (χ4n) is 2.76. The summed E-state index contributed by atoms with van der Waals surface area (Å²) in [6.07, 6.45) is 2.09. The molecule has 2 aromatic carbocycles. The summed E-state index contributed by atoms with van der Waals surface area (Å²) in [6.45, 7) is 4.07. The smallest absolute Gasteiger partial charge is 0.139 e. The summed E-state index contributed by atoms with van der Waals surface area (Å²) in [5.74, 6) is 0. The summed E-state index contributed by atoms with van der Waals surface area (Å²) in [5, 5.41) is 2.99. The van der Waals surface area contributed by atoms with Crippen molar-refractivity contribution in [1.29, 1.82) is 0 Å². The second-order valence-electron chi connectivity index (χ2n) is 5.85. The van der Waals surface area contributed by atoms with Crippen LogP contribution < -0.4 is 0 Å². The van der Waals surface area contributed by atoms with E-state index in [9.17, 15) is 0 Å². The van der Waals surface area contributed by atoms with Crippen molar-refractivity contribution in [3.05, 3.63) is 73.7 Å². The molecule has 0 radical (unpaired) electrons. The first kappa shape index (κ1) is 16.8. The third kappa shape index (κ3) is 3.29. The van der Waals surface area contributed by atoms with Gasteiger partial charge in [0.15, 0.2) is 0 Å². The van der Waals surface area contributed by atoms with Gasteiger partial charge in [0.05, 0.1) is 5.70 Å². The Morgan fingerprint density at radius 2 is 1.74 bits per heavy atom. The molecule has 1 aliphatic heterocycles. The van der Waals surface area contributed by atoms with Crippen LogP contribution in [0.2, 0.25) is 10.0 Å². The Labute approximate surface area is 154 Å². The lowest BCUT2D eigenvalue weighted by Gasteiger charge is -2.25. The fourth-order valence-corrected chi connectivity index (χ4v) is 3.53. The average molecular weight is 413 g/mol. The summed E-state index contributed by atoms with van der Waals surface area (Å²) in [6, 6.07) is 11.7. The number of hydrogen-bond donors (Lipinski definition) is 0. The highest BCUT2D eigenvalue weighted by atomic mass is 79.9. The molecule has 1 aliphatic rings. The Morgan fingerprint density at radius 1 is 1.09 bits per heavy atom. The zero-order chi connectivity index (χ0) is 16.8. The van der Waals surface area contributed by atoms with Gasteiger partial charge >= 0.3 is 0 Å². The number of hydroxylamine groups is 2. The minimum atomic E-state index is -0.612. The van der Waals surface area contributed by atoms with Crippen LogP contribution in [0.15, 0.2) is 46.9 Å². The maximum atomic E-state index is 6.14. The van der Waals surface area contributed by atoms with Crippen LogP contribution in [0.5, 0.6) is 0 Å². The first-order chi connectivity index (χ1) is 10.8. The van der Waals surface area contributed by atoms with Crippen molar-refractivity contribution < 1.29 is 4.84 Å². The standard InChI is InChI=1S/C18H16BrCl2NO/c1-11-6-12(4-5-16(11)19)17-10-18(2,23-22(17)3)13-7-14(20)9-15(21)8-13/h4-10H,1-3H3. The quantitative estimate of drug-likeness (QED) is 0.582. The molecule has 0 aliphatic carbocycles. The van der Waals surface area contributed by atoms with E-state index in [0.29, 0.717) is 10.0 Å². The molecule has 1 atom stereocenters. The molecule has 0 saturated heterocycles. The number of aryl methyl sites for hydroxylation is 1. The van der Waals surface area contributed by atoms with Gasteiger partial charge in [-0.25, -0.2) is 0 Å². The predicted octanol–water partition coefficient (Wildman–Crippen LogP) is 6.20. The predicted molar refractivity (Wildman–Crippen MR) is 99.5 cm³/mol. The van der Waals surface area contributed by atoms with Crippen LogP contribution in [0, 0.1) is 6.92 Å². The van der Waals surface area contributed by atoms with Crippen LogP contribution in [-0.4, -0.2) is 12.1 Å². The second kappa shape index (κ2) is 6.14. The molecule has 0 N–H and O–H groups in total. The minimum absolute atomic E-state index is 0.598. The zero-order valence-electron chi connectivity index (χ0n) is 13.0. The first-order valence-electron chi connectivity index (χ1n) is 7.17. The third-order valence-corrected chi connectivity index (χ3v) is 5.29. The van der Waals surface area contributed by atoms with Crippen molar-refractivity contribution in [1.82, 2.24) is 5.06 Å². The molecular weight excluding hydrogens is 397 g/mol. The first-order valence-corrected chi connectivity index (χ1v) is 8.72. The molecule has 1 heterocycles. The van der Waals surface area contributed by atoms with Gasteiger partial charge < -0.3 is 0 Å². The van der Waals surface area contributed by atoms with E-state index in [1.54, 1.807) is 11.1 Å². The topological polar surface area (TPSA) is 12.5 Å². The highest BCUT2D eigenvalue weighted by Gasteiger charge is 2.36. The monoisotopic (exact) mass is 411 g/mol. The fraction of sp³-hybridized carbons (Fsp3) is 0.222. The van der Waals surface area contributed by atoms with Crippen molar-refractivity contribution >= 4 is 44.8 Å². The largest absolute Gasteiger partial charge is 0.258 e. The van der Waals surface area contributed by atoms with Crippen LogP contribution >= 0.6 is 39.1 Å². The van der Waals surface area contributed by atoms with Crippen molar-refractivity contribution in [2.24, 2.45) is 0 Å². The van der Waals surface area contributed by atoms with E-state index in [2.05, 4.69) is 41.1 Å². The van der Waals surface area contributed by atoms with Gasteiger partial charge in [0.1, 0.15) is 5.60 Å². The van der Waals surface area contributed by atoms with E-state index in [1.807, 2.05) is 32.2 Å². The zero-order valence-corrected chi connectivity index (χ0v) is 16.1. The van der Waals surface area contributed by atoms with Gasteiger partial charge in [-0.1, -0.05) is 45.2 Å². The number of halogens is 3. The van der Waals surface area contributed by atoms with Crippen LogP contribution in [-0.2, 0) is 10.4 Å². The van der Waals surface area contributed by atoms with Gasteiger partial charge in [0.2, 0.25) is 0 Å². The molecule has 2 nitrogen and oxygen atoms in total. The molecule has 0 aromatic heterocycles. The normalized spacial score (nSPS) is 20.8. The lowest BCUT2D eigenvalue weighted by molar-refractivity contribution is -0.155. The van der Waals surface area contributed by atoms with Crippen LogP contribution in [0.4, 0.5) is 0 Å². The molecule has 0 saturated carbocycles. The minimum Gasteiger partial charge on any atom is -0.258 e. The number of rotatable bonds is 2. The third-order valence-electron chi connectivity index (χ3n) is 3.97. The molecule has 23 heavy (non-hydrogen) atoms. The molecule has 0 spiro atoms. The van der Waals surface area contributed by atoms with Crippen molar-refractivity contribution in [2.75, 3.05) is 7.05 Å². The molecule has 1 unspecified atom stereocenters. The molecule has 120 valence electrons. The highest BCUT2D eigenvalue weighted by Crippen LogP contribution is 2.41. The van der Waals surface area contributed by atoms with Crippen LogP contribution in [0.1, 0.15) is 23.6 Å². The summed E-state index contributed by atoms with van der Waals surface area (Å²) in [5.41, 5.74) is 3.60. The Hall–Kier alpha value is -1.00. The van der Waals surface area contributed by atoms with Gasteiger partial charge in [-0.15, -0.1) is 0 Å². The van der Waals surface area contributed by atoms with Gasteiger partial charge in [0.25, 0.3) is 0 Å². The molecular formula is C18H16BrCl2NO. The second-order valence-corrected chi connectivity index (χ2v) is 7.57. The van der Waals surface area contributed by atoms with Crippen LogP contribution in [0.25, 0.3) is 5.70 Å². The van der Waals surface area contributed by atoms with Crippen molar-refractivity contribution in [2.45, 2.75) is 19.4 Å². The van der Waals surface area contributed by atoms with Crippen molar-refractivity contribution in [3.8, 4) is 0 Å². The van der Waals surface area contributed by atoms with Gasteiger partial charge in [-0.05, 0) is 61.4 Å². The number of hydrogen-bond acceptors (Lipinski definition) is 2. The lowest BCUT2D eigenvalue weighted by Crippen LogP contribution is -2.24. The van der Waals surface area contributed by atoms with E-state index >= 15 is 0 Å². The maximum Gasteiger partial charge on any atom is 0.139 e. The summed E-state index contributed by atoms with van der Waals surface area (Å²) in [7, 11) is 1.90. The Morgan fingerprint density at radius 3 is 2.35 bits per heavy atom. The van der Waals surface area contributed by atoms with Crippen molar-refractivity contribution in [3.63, 3.8) is 0 Å². The molecule has 2 aromatic rings. The maximum absolute atomic E-state index is 6.14. The molecule has 0 fully saturated rings. The van der Waals surface area contributed by atoms with Crippen LogP contribution in [0.3, 0.4) is 0 Å². The summed E-state index contributed by atoms with van der Waals surface area (Å²) >= 11 is 15.8. The molecule has 3 rings (SSSR count). The van der Waals surface area contributed by atoms with Gasteiger partial charge in [-0.3, -0.25) is 9.90 Å².